The fraction of sp³-hybridized carbons (Fsp3) is 0.235. The van der Waals surface area contributed by atoms with Crippen LogP contribution in [0.2, 0.25) is 0 Å². The minimum Gasteiger partial charge on any atom is -0.370 e. The van der Waals surface area contributed by atoms with E-state index in [0.29, 0.717) is 5.69 Å². The van der Waals surface area contributed by atoms with Crippen LogP contribution >= 0.6 is 0 Å². The summed E-state index contributed by atoms with van der Waals surface area (Å²) in [6, 6.07) is 9.21. The van der Waals surface area contributed by atoms with Crippen molar-refractivity contribution in [3.05, 3.63) is 64.5 Å². The van der Waals surface area contributed by atoms with E-state index in [1.54, 1.807) is 12.1 Å². The monoisotopic (exact) mass is 286 g/mol. The molecule has 0 saturated carbocycles. The Kier molecular flexibility index (Phi) is 4.26. The maximum Gasteiger partial charge on any atom is 0.244 e. The molecule has 0 bridgehead atoms. The van der Waals surface area contributed by atoms with Crippen LogP contribution in [0.25, 0.3) is 0 Å². The lowest BCUT2D eigenvalue weighted by Crippen LogP contribution is -2.28. The Labute approximate surface area is 124 Å². The lowest BCUT2D eigenvalue weighted by molar-refractivity contribution is -0.118. The normalized spacial score (nSPS) is 12.0. The highest BCUT2D eigenvalue weighted by Gasteiger charge is 2.20. The molecule has 0 saturated heterocycles. The van der Waals surface area contributed by atoms with Gasteiger partial charge in [0.15, 0.2) is 0 Å². The van der Waals surface area contributed by atoms with Crippen LogP contribution in [-0.4, -0.2) is 5.91 Å². The molecule has 1 unspecified atom stereocenters. The molecule has 2 aromatic rings. The van der Waals surface area contributed by atoms with Crippen molar-refractivity contribution in [3.63, 3.8) is 0 Å². The first kappa shape index (κ1) is 15.0. The number of hydrogen-bond acceptors (Lipinski definition) is 2. The molecule has 1 atom stereocenters. The van der Waals surface area contributed by atoms with Gasteiger partial charge in [-0.05, 0) is 67.3 Å². The van der Waals surface area contributed by atoms with Gasteiger partial charge in [-0.15, -0.1) is 0 Å². The van der Waals surface area contributed by atoms with E-state index in [1.807, 2.05) is 32.9 Å². The topological polar surface area (TPSA) is 55.1 Å². The molecule has 0 aliphatic heterocycles. The van der Waals surface area contributed by atoms with E-state index >= 15 is 0 Å². The lowest BCUT2D eigenvalue weighted by Gasteiger charge is -2.20. The second-order valence-electron chi connectivity index (χ2n) is 5.28. The van der Waals surface area contributed by atoms with Gasteiger partial charge in [0.2, 0.25) is 5.91 Å². The third-order valence-electron chi connectivity index (χ3n) is 3.63. The van der Waals surface area contributed by atoms with Crippen molar-refractivity contribution in [3.8, 4) is 0 Å². The molecule has 1 amide bonds. The lowest BCUT2D eigenvalue weighted by atomic mass is 9.95. The number of amides is 1. The van der Waals surface area contributed by atoms with Gasteiger partial charge in [0.25, 0.3) is 0 Å². The highest BCUT2D eigenvalue weighted by Crippen LogP contribution is 2.25. The third-order valence-corrected chi connectivity index (χ3v) is 3.63. The number of halogens is 1. The molecule has 2 rings (SSSR count). The largest absolute Gasteiger partial charge is 0.370 e. The number of carbonyl (C=O) groups is 1. The smallest absolute Gasteiger partial charge is 0.244 e. The third kappa shape index (κ3) is 3.40. The van der Waals surface area contributed by atoms with E-state index < -0.39 is 11.9 Å². The van der Waals surface area contributed by atoms with E-state index in [2.05, 4.69) is 5.32 Å². The van der Waals surface area contributed by atoms with Crippen LogP contribution in [0, 0.1) is 26.6 Å². The average molecular weight is 286 g/mol. The molecule has 0 radical (unpaired) electrons. The van der Waals surface area contributed by atoms with Crippen LogP contribution in [0.1, 0.15) is 28.3 Å². The first-order valence-electron chi connectivity index (χ1n) is 6.77. The number of benzene rings is 2. The quantitative estimate of drug-likeness (QED) is 0.905. The summed E-state index contributed by atoms with van der Waals surface area (Å²) < 4.78 is 12.9. The number of nitrogens with two attached hydrogens (primary N) is 1. The summed E-state index contributed by atoms with van der Waals surface area (Å²) in [5.41, 5.74) is 10.3. The second-order valence-corrected chi connectivity index (χ2v) is 5.28. The first-order valence-corrected chi connectivity index (χ1v) is 6.77. The van der Waals surface area contributed by atoms with Crippen LogP contribution in [0.15, 0.2) is 36.4 Å². The number of primary amides is 1. The van der Waals surface area contributed by atoms with Crippen molar-refractivity contribution in [2.75, 3.05) is 5.32 Å². The molecule has 0 aliphatic rings. The summed E-state index contributed by atoms with van der Waals surface area (Å²) in [5, 5.41) is 3.07. The number of carbonyl (C=O) groups excluding carboxylic acids is 1. The van der Waals surface area contributed by atoms with Gasteiger partial charge in [-0.25, -0.2) is 4.39 Å². The van der Waals surface area contributed by atoms with Gasteiger partial charge < -0.3 is 11.1 Å². The van der Waals surface area contributed by atoms with E-state index in [0.717, 1.165) is 16.7 Å². The molecule has 110 valence electrons. The Bertz CT molecular complexity index is 665. The summed E-state index contributed by atoms with van der Waals surface area (Å²) in [6.45, 7) is 5.97. The van der Waals surface area contributed by atoms with Crippen LogP contribution < -0.4 is 11.1 Å². The molecular formula is C17H19FN2O. The number of aryl methyl sites for hydroxylation is 3. The molecule has 0 aliphatic carbocycles. The van der Waals surface area contributed by atoms with Crippen LogP contribution in [0.3, 0.4) is 0 Å². The van der Waals surface area contributed by atoms with Crippen molar-refractivity contribution in [2.24, 2.45) is 5.73 Å². The van der Waals surface area contributed by atoms with Crippen molar-refractivity contribution in [2.45, 2.75) is 26.8 Å². The predicted octanol–water partition coefficient (Wildman–Crippen LogP) is 3.39. The number of rotatable bonds is 4. The van der Waals surface area contributed by atoms with Gasteiger partial charge >= 0.3 is 0 Å². The molecule has 3 N–H and O–H groups in total. The SMILES string of the molecule is Cc1cc(C)c(C(Nc2ccc(F)cc2)C(N)=O)cc1C. The molecule has 0 heterocycles. The Morgan fingerprint density at radius 2 is 1.62 bits per heavy atom. The highest BCUT2D eigenvalue weighted by molar-refractivity contribution is 5.85. The van der Waals surface area contributed by atoms with E-state index in [-0.39, 0.29) is 5.82 Å². The zero-order valence-electron chi connectivity index (χ0n) is 12.4. The van der Waals surface area contributed by atoms with Gasteiger partial charge in [-0.3, -0.25) is 4.79 Å². The Hall–Kier alpha value is -2.36. The van der Waals surface area contributed by atoms with Crippen molar-refractivity contribution >= 4 is 11.6 Å². The standard InChI is InChI=1S/C17H19FN2O/c1-10-8-12(3)15(9-11(10)2)16(17(19)21)20-14-6-4-13(18)5-7-14/h4-9,16,20H,1-3H3,(H2,19,21). The van der Waals surface area contributed by atoms with Gasteiger partial charge in [-0.1, -0.05) is 12.1 Å². The summed E-state index contributed by atoms with van der Waals surface area (Å²) in [4.78, 5) is 11.8. The van der Waals surface area contributed by atoms with E-state index in [9.17, 15) is 9.18 Å². The number of anilines is 1. The molecule has 4 heteroatoms. The van der Waals surface area contributed by atoms with E-state index in [4.69, 9.17) is 5.73 Å². The fourth-order valence-electron chi connectivity index (χ4n) is 2.31. The molecule has 2 aromatic carbocycles. The molecular weight excluding hydrogens is 267 g/mol. The van der Waals surface area contributed by atoms with Crippen molar-refractivity contribution in [1.29, 1.82) is 0 Å². The minimum atomic E-state index is -0.644. The summed E-state index contributed by atoms with van der Waals surface area (Å²) in [6.07, 6.45) is 0. The molecule has 0 aromatic heterocycles. The predicted molar refractivity (Wildman–Crippen MR) is 82.6 cm³/mol. The molecule has 0 spiro atoms. The van der Waals surface area contributed by atoms with Crippen LogP contribution in [0.5, 0.6) is 0 Å². The minimum absolute atomic E-state index is 0.321. The highest BCUT2D eigenvalue weighted by atomic mass is 19.1. The van der Waals surface area contributed by atoms with Gasteiger partial charge in [0, 0.05) is 5.69 Å². The van der Waals surface area contributed by atoms with Crippen molar-refractivity contribution < 1.29 is 9.18 Å². The van der Waals surface area contributed by atoms with Gasteiger partial charge in [0.1, 0.15) is 11.9 Å². The Morgan fingerprint density at radius 1 is 1.05 bits per heavy atom. The van der Waals surface area contributed by atoms with Crippen LogP contribution in [-0.2, 0) is 4.79 Å². The zero-order valence-corrected chi connectivity index (χ0v) is 12.4. The first-order chi connectivity index (χ1) is 9.88. The molecule has 0 fully saturated rings. The fourth-order valence-corrected chi connectivity index (χ4v) is 2.31. The average Bonchev–Trinajstić information content (AvgIpc) is 2.42. The van der Waals surface area contributed by atoms with Crippen LogP contribution in [0.4, 0.5) is 10.1 Å². The zero-order chi connectivity index (χ0) is 15.6. The Balaban J connectivity index is 2.38. The van der Waals surface area contributed by atoms with E-state index in [1.165, 1.54) is 17.7 Å². The number of hydrogen-bond donors (Lipinski definition) is 2. The maximum atomic E-state index is 12.9. The summed E-state index contributed by atoms with van der Waals surface area (Å²) >= 11 is 0. The summed E-state index contributed by atoms with van der Waals surface area (Å²) in [5.74, 6) is -0.788. The molecule has 3 nitrogen and oxygen atoms in total. The summed E-state index contributed by atoms with van der Waals surface area (Å²) in [7, 11) is 0. The van der Waals surface area contributed by atoms with Crippen molar-refractivity contribution in [1.82, 2.24) is 0 Å². The number of nitrogens with one attached hydrogen (secondary N) is 1. The van der Waals surface area contributed by atoms with Gasteiger partial charge in [-0.2, -0.15) is 0 Å². The van der Waals surface area contributed by atoms with Gasteiger partial charge in [0.05, 0.1) is 0 Å². The second kappa shape index (κ2) is 5.95. The Morgan fingerprint density at radius 3 is 2.19 bits per heavy atom. The molecule has 21 heavy (non-hydrogen) atoms. The maximum absolute atomic E-state index is 12.9.